The van der Waals surface area contributed by atoms with Gasteiger partial charge in [0, 0.05) is 6.07 Å². The zero-order valence-corrected chi connectivity index (χ0v) is 17.1. The number of ether oxygens (including phenoxy) is 2. The maximum absolute atomic E-state index is 12.6. The monoisotopic (exact) mass is 436 g/mol. The van der Waals surface area contributed by atoms with Gasteiger partial charge in [0.25, 0.3) is 0 Å². The molecule has 1 aliphatic rings. The second-order valence-electron chi connectivity index (χ2n) is 6.56. The van der Waals surface area contributed by atoms with Crippen molar-refractivity contribution in [1.29, 1.82) is 0 Å². The van der Waals surface area contributed by atoms with Crippen molar-refractivity contribution in [3.63, 3.8) is 0 Å². The van der Waals surface area contributed by atoms with Gasteiger partial charge in [-0.25, -0.2) is 4.79 Å². The van der Waals surface area contributed by atoms with E-state index in [1.807, 2.05) is 0 Å². The van der Waals surface area contributed by atoms with E-state index in [0.29, 0.717) is 16.7 Å². The fourth-order valence-electron chi connectivity index (χ4n) is 2.97. The lowest BCUT2D eigenvalue weighted by Crippen LogP contribution is -2.09. The molecular weight excluding hydrogens is 420 g/mol. The van der Waals surface area contributed by atoms with Gasteiger partial charge in [-0.15, -0.1) is 0 Å². The zero-order chi connectivity index (χ0) is 22.0. The Hall–Kier alpha value is -3.91. The van der Waals surface area contributed by atoms with Crippen molar-refractivity contribution in [2.24, 2.45) is 0 Å². The van der Waals surface area contributed by atoms with E-state index in [1.54, 1.807) is 42.5 Å². The molecule has 1 heterocycles. The fraction of sp³-hybridized carbons (Fsp3) is 0.0435. The highest BCUT2D eigenvalue weighted by atomic mass is 32.2. The van der Waals surface area contributed by atoms with Crippen molar-refractivity contribution < 1.29 is 31.7 Å². The highest BCUT2D eigenvalue weighted by molar-refractivity contribution is 7.87. The highest BCUT2D eigenvalue weighted by Gasteiger charge is 2.28. The van der Waals surface area contributed by atoms with Gasteiger partial charge in [-0.3, -0.25) is 4.79 Å². The number of benzene rings is 3. The third kappa shape index (κ3) is 4.19. The van der Waals surface area contributed by atoms with Crippen LogP contribution in [0.5, 0.6) is 11.5 Å². The minimum atomic E-state index is -4.01. The van der Waals surface area contributed by atoms with Gasteiger partial charge in [-0.1, -0.05) is 30.3 Å². The molecule has 0 spiro atoms. The van der Waals surface area contributed by atoms with Crippen LogP contribution in [0.15, 0.2) is 83.5 Å². The molecule has 0 atom stereocenters. The number of hydrogen-bond donors (Lipinski definition) is 0. The summed E-state index contributed by atoms with van der Waals surface area (Å²) in [5.41, 5.74) is 1.32. The van der Waals surface area contributed by atoms with Gasteiger partial charge >= 0.3 is 16.1 Å². The first kappa shape index (κ1) is 20.4. The molecule has 31 heavy (non-hydrogen) atoms. The van der Waals surface area contributed by atoms with E-state index in [-0.39, 0.29) is 27.9 Å². The lowest BCUT2D eigenvalue weighted by Gasteiger charge is -2.07. The van der Waals surface area contributed by atoms with Crippen LogP contribution in [-0.2, 0) is 14.9 Å². The van der Waals surface area contributed by atoms with Crippen LogP contribution in [-0.4, -0.2) is 27.3 Å². The van der Waals surface area contributed by atoms with Crippen molar-refractivity contribution in [3.8, 4) is 11.5 Å². The van der Waals surface area contributed by atoms with E-state index in [1.165, 1.54) is 43.5 Å². The van der Waals surface area contributed by atoms with Crippen LogP contribution < -0.4 is 8.92 Å². The van der Waals surface area contributed by atoms with Crippen LogP contribution in [0.25, 0.3) is 6.08 Å². The van der Waals surface area contributed by atoms with Crippen molar-refractivity contribution >= 4 is 27.9 Å². The predicted molar refractivity (Wildman–Crippen MR) is 111 cm³/mol. The second-order valence-corrected chi connectivity index (χ2v) is 8.11. The SMILES string of the molecule is COC(=O)c1ccc(/C=C2\Oc3cc(OS(=O)(=O)c4ccccc4)ccc3C2=O)cc1. The molecule has 8 heteroatoms. The number of hydrogen-bond acceptors (Lipinski definition) is 7. The molecule has 0 radical (unpaired) electrons. The maximum Gasteiger partial charge on any atom is 0.339 e. The number of carbonyl (C=O) groups is 2. The molecule has 7 nitrogen and oxygen atoms in total. The summed E-state index contributed by atoms with van der Waals surface area (Å²) in [4.78, 5) is 24.2. The maximum atomic E-state index is 12.6. The van der Waals surface area contributed by atoms with E-state index >= 15 is 0 Å². The van der Waals surface area contributed by atoms with Crippen molar-refractivity contribution in [2.75, 3.05) is 7.11 Å². The minimum absolute atomic E-state index is 0.0171. The van der Waals surface area contributed by atoms with Crippen LogP contribution in [0.4, 0.5) is 0 Å². The molecule has 0 saturated carbocycles. The Balaban J connectivity index is 1.56. The molecule has 3 aromatic rings. The third-order valence-electron chi connectivity index (χ3n) is 4.51. The van der Waals surface area contributed by atoms with Crippen LogP contribution >= 0.6 is 0 Å². The molecule has 0 N–H and O–H groups in total. The van der Waals surface area contributed by atoms with Gasteiger partial charge in [0.05, 0.1) is 18.2 Å². The molecule has 3 aromatic carbocycles. The molecule has 0 fully saturated rings. The first-order valence-electron chi connectivity index (χ1n) is 9.13. The van der Waals surface area contributed by atoms with E-state index in [9.17, 15) is 18.0 Å². The van der Waals surface area contributed by atoms with E-state index in [2.05, 4.69) is 4.74 Å². The molecular formula is C23H16O7S. The predicted octanol–water partition coefficient (Wildman–Crippen LogP) is 3.86. The third-order valence-corrected chi connectivity index (χ3v) is 5.77. The fourth-order valence-corrected chi connectivity index (χ4v) is 3.91. The largest absolute Gasteiger partial charge is 0.465 e. The first-order chi connectivity index (χ1) is 14.9. The van der Waals surface area contributed by atoms with Gasteiger partial charge in [0.15, 0.2) is 5.76 Å². The summed E-state index contributed by atoms with van der Waals surface area (Å²) < 4.78 is 40.2. The number of carbonyl (C=O) groups excluding carboxylic acids is 2. The Morgan fingerprint density at radius 3 is 2.35 bits per heavy atom. The van der Waals surface area contributed by atoms with Gasteiger partial charge in [0.1, 0.15) is 16.4 Å². The van der Waals surface area contributed by atoms with Crippen molar-refractivity contribution in [2.45, 2.75) is 4.90 Å². The Morgan fingerprint density at radius 2 is 1.68 bits per heavy atom. The van der Waals surface area contributed by atoms with Gasteiger partial charge < -0.3 is 13.7 Å². The first-order valence-corrected chi connectivity index (χ1v) is 10.5. The number of fused-ring (bicyclic) bond motifs is 1. The summed E-state index contributed by atoms with van der Waals surface area (Å²) in [5.74, 6) is -0.506. The molecule has 0 aliphatic carbocycles. The Labute approximate surface area is 178 Å². The molecule has 0 unspecified atom stereocenters. The quantitative estimate of drug-likeness (QED) is 0.340. The number of allylic oxidation sites excluding steroid dienone is 1. The number of esters is 1. The Morgan fingerprint density at radius 1 is 0.968 bits per heavy atom. The number of Topliss-reactive ketones (excluding diaryl/α,β-unsaturated/α-hetero) is 1. The summed E-state index contributed by atoms with van der Waals surface area (Å²) in [6, 6.07) is 18.4. The molecule has 0 amide bonds. The Kier molecular flexibility index (Phi) is 5.31. The van der Waals surface area contributed by atoms with Crippen molar-refractivity contribution in [1.82, 2.24) is 0 Å². The van der Waals surface area contributed by atoms with E-state index in [0.717, 1.165) is 0 Å². The van der Waals surface area contributed by atoms with Crippen molar-refractivity contribution in [3.05, 3.63) is 95.2 Å². The smallest absolute Gasteiger partial charge is 0.339 e. The second kappa shape index (κ2) is 8.08. The molecule has 4 rings (SSSR count). The van der Waals surface area contributed by atoms with Crippen LogP contribution in [0.2, 0.25) is 0 Å². The van der Waals surface area contributed by atoms with E-state index in [4.69, 9.17) is 8.92 Å². The summed E-state index contributed by atoms with van der Waals surface area (Å²) >= 11 is 0. The van der Waals surface area contributed by atoms with Crippen LogP contribution in [0.1, 0.15) is 26.3 Å². The normalized spacial score (nSPS) is 14.1. The summed E-state index contributed by atoms with van der Waals surface area (Å²) in [6.07, 6.45) is 1.53. The average Bonchev–Trinajstić information content (AvgIpc) is 3.08. The lowest BCUT2D eigenvalue weighted by atomic mass is 10.1. The zero-order valence-electron chi connectivity index (χ0n) is 16.3. The summed E-state index contributed by atoms with van der Waals surface area (Å²) in [6.45, 7) is 0. The van der Waals surface area contributed by atoms with Gasteiger partial charge in [-0.05, 0) is 48.0 Å². The van der Waals surface area contributed by atoms with Crippen LogP contribution in [0.3, 0.4) is 0 Å². The Bertz CT molecular complexity index is 1290. The number of methoxy groups -OCH3 is 1. The number of ketones is 1. The molecule has 156 valence electrons. The summed E-state index contributed by atoms with van der Waals surface area (Å²) in [7, 11) is -2.72. The topological polar surface area (TPSA) is 96.0 Å². The molecule has 1 aliphatic heterocycles. The summed E-state index contributed by atoms with van der Waals surface area (Å²) in [5, 5.41) is 0. The molecule has 0 saturated heterocycles. The lowest BCUT2D eigenvalue weighted by molar-refractivity contribution is 0.0600. The van der Waals surface area contributed by atoms with Crippen LogP contribution in [0, 0.1) is 0 Å². The highest BCUT2D eigenvalue weighted by Crippen LogP contribution is 2.35. The van der Waals surface area contributed by atoms with E-state index < -0.39 is 16.1 Å². The molecule has 0 bridgehead atoms. The number of rotatable bonds is 5. The standard InChI is InChI=1S/C23H16O7S/c1-28-23(25)16-9-7-15(8-10-16)13-21-22(24)19-12-11-17(14-20(19)29-21)30-31(26,27)18-5-3-2-4-6-18/h2-14H,1H3/b21-13-. The van der Waals surface area contributed by atoms with Gasteiger partial charge in [0.2, 0.25) is 5.78 Å². The average molecular weight is 436 g/mol. The molecule has 0 aromatic heterocycles. The van der Waals surface area contributed by atoms with Gasteiger partial charge in [-0.2, -0.15) is 8.42 Å². The minimum Gasteiger partial charge on any atom is -0.465 e.